The van der Waals surface area contributed by atoms with Crippen LogP contribution in [0, 0.1) is 0 Å². The van der Waals surface area contributed by atoms with Gasteiger partial charge in [-0.1, -0.05) is 53.5 Å². The maximum atomic E-state index is 13.6. The Balaban J connectivity index is 1.95. The lowest BCUT2D eigenvalue weighted by Crippen LogP contribution is -2.51. The highest BCUT2D eigenvalue weighted by Crippen LogP contribution is 2.30. The van der Waals surface area contributed by atoms with Gasteiger partial charge in [0.2, 0.25) is 5.91 Å². The average molecular weight is 449 g/mol. The van der Waals surface area contributed by atoms with Crippen LogP contribution >= 0.6 is 23.2 Å². The third-order valence-corrected chi connectivity index (χ3v) is 5.56. The van der Waals surface area contributed by atoms with Crippen LogP contribution in [0.4, 0.5) is 10.5 Å². The van der Waals surface area contributed by atoms with E-state index in [-0.39, 0.29) is 5.91 Å². The van der Waals surface area contributed by atoms with E-state index in [4.69, 9.17) is 27.9 Å². The molecular formula is C23H26Cl2N2O3. The lowest BCUT2D eigenvalue weighted by Gasteiger charge is -2.32. The van der Waals surface area contributed by atoms with Crippen LogP contribution in [0.5, 0.6) is 0 Å². The number of ether oxygens (including phenoxy) is 1. The van der Waals surface area contributed by atoms with E-state index in [1.54, 1.807) is 28.0 Å². The summed E-state index contributed by atoms with van der Waals surface area (Å²) in [7, 11) is 0. The van der Waals surface area contributed by atoms with Crippen LogP contribution in [0.15, 0.2) is 48.5 Å². The predicted octanol–water partition coefficient (Wildman–Crippen LogP) is 5.58. The van der Waals surface area contributed by atoms with Gasteiger partial charge in [0.1, 0.15) is 11.6 Å². The Morgan fingerprint density at radius 3 is 2.40 bits per heavy atom. The summed E-state index contributed by atoms with van der Waals surface area (Å²) >= 11 is 12.2. The van der Waals surface area contributed by atoms with Crippen molar-refractivity contribution in [3.63, 3.8) is 0 Å². The van der Waals surface area contributed by atoms with Gasteiger partial charge in [-0.2, -0.15) is 0 Å². The number of nitrogens with zero attached hydrogens (tertiary/aromatic N) is 2. The molecule has 1 heterocycles. The van der Waals surface area contributed by atoms with Crippen LogP contribution in [0.1, 0.15) is 32.8 Å². The molecule has 1 saturated heterocycles. The van der Waals surface area contributed by atoms with Crippen LogP contribution in [0.25, 0.3) is 0 Å². The number of carbonyl (C=O) groups is 2. The van der Waals surface area contributed by atoms with E-state index in [2.05, 4.69) is 0 Å². The minimum absolute atomic E-state index is 0.166. The van der Waals surface area contributed by atoms with Gasteiger partial charge in [-0.05, 0) is 51.0 Å². The fourth-order valence-corrected chi connectivity index (χ4v) is 3.75. The molecule has 1 aliphatic rings. The third kappa shape index (κ3) is 5.46. The summed E-state index contributed by atoms with van der Waals surface area (Å²) in [5, 5.41) is 0.814. The Morgan fingerprint density at radius 1 is 1.07 bits per heavy atom. The minimum Gasteiger partial charge on any atom is -0.444 e. The van der Waals surface area contributed by atoms with E-state index in [9.17, 15) is 9.59 Å². The molecule has 0 aromatic heterocycles. The van der Waals surface area contributed by atoms with Crippen molar-refractivity contribution in [2.45, 2.75) is 45.3 Å². The van der Waals surface area contributed by atoms with E-state index in [0.717, 1.165) is 5.56 Å². The van der Waals surface area contributed by atoms with E-state index < -0.39 is 17.7 Å². The van der Waals surface area contributed by atoms with Crippen molar-refractivity contribution in [2.24, 2.45) is 0 Å². The Kier molecular flexibility index (Phi) is 6.94. The van der Waals surface area contributed by atoms with E-state index in [1.165, 1.54) is 0 Å². The molecule has 2 amide bonds. The first-order valence-corrected chi connectivity index (χ1v) is 10.7. The predicted molar refractivity (Wildman–Crippen MR) is 120 cm³/mol. The second-order valence-electron chi connectivity index (χ2n) is 8.32. The van der Waals surface area contributed by atoms with Crippen molar-refractivity contribution in [1.82, 2.24) is 4.90 Å². The Hall–Kier alpha value is -2.24. The van der Waals surface area contributed by atoms with Crippen LogP contribution in [0.3, 0.4) is 0 Å². The molecule has 1 unspecified atom stereocenters. The third-order valence-electron chi connectivity index (χ3n) is 4.82. The Labute approximate surface area is 187 Å². The lowest BCUT2D eigenvalue weighted by molar-refractivity contribution is -0.123. The molecule has 0 bridgehead atoms. The first kappa shape index (κ1) is 22.4. The van der Waals surface area contributed by atoms with Crippen molar-refractivity contribution in [3.8, 4) is 0 Å². The maximum absolute atomic E-state index is 13.6. The molecule has 0 spiro atoms. The van der Waals surface area contributed by atoms with E-state index in [0.29, 0.717) is 41.7 Å². The van der Waals surface area contributed by atoms with Crippen LogP contribution in [-0.2, 0) is 16.0 Å². The van der Waals surface area contributed by atoms with E-state index >= 15 is 0 Å². The zero-order valence-electron chi connectivity index (χ0n) is 17.4. The molecule has 2 aromatic rings. The molecule has 3 rings (SSSR count). The highest BCUT2D eigenvalue weighted by molar-refractivity contribution is 6.42. The van der Waals surface area contributed by atoms with Crippen molar-refractivity contribution in [2.75, 3.05) is 18.0 Å². The SMILES string of the molecule is CC(C)(C)OC(=O)N1CCCN(c2ccc(Cl)c(Cl)c2)C(=O)C1Cc1ccccc1. The van der Waals surface area contributed by atoms with Gasteiger partial charge in [0.15, 0.2) is 0 Å². The molecule has 1 fully saturated rings. The number of amides is 2. The molecule has 2 aromatic carbocycles. The van der Waals surface area contributed by atoms with Gasteiger partial charge in [0.25, 0.3) is 0 Å². The van der Waals surface area contributed by atoms with Crippen LogP contribution < -0.4 is 4.90 Å². The number of carbonyl (C=O) groups excluding carboxylic acids is 2. The van der Waals surface area contributed by atoms with Crippen molar-refractivity contribution in [1.29, 1.82) is 0 Å². The first-order chi connectivity index (χ1) is 14.2. The summed E-state index contributed by atoms with van der Waals surface area (Å²) in [6.07, 6.45) is 0.542. The second-order valence-corrected chi connectivity index (χ2v) is 9.14. The Bertz CT molecular complexity index is 912. The molecule has 1 aliphatic heterocycles. The zero-order chi connectivity index (χ0) is 21.9. The van der Waals surface area contributed by atoms with Crippen molar-refractivity contribution >= 4 is 40.9 Å². The number of hydrogen-bond donors (Lipinski definition) is 0. The number of halogens is 2. The summed E-state index contributed by atoms with van der Waals surface area (Å²) < 4.78 is 5.60. The highest BCUT2D eigenvalue weighted by Gasteiger charge is 2.38. The quantitative estimate of drug-likeness (QED) is 0.615. The summed E-state index contributed by atoms with van der Waals surface area (Å²) in [4.78, 5) is 29.8. The number of hydrogen-bond acceptors (Lipinski definition) is 3. The average Bonchev–Trinajstić information content (AvgIpc) is 2.83. The minimum atomic E-state index is -0.681. The molecule has 7 heteroatoms. The first-order valence-electron chi connectivity index (χ1n) is 9.96. The van der Waals surface area contributed by atoms with Gasteiger partial charge < -0.3 is 9.64 Å². The van der Waals surface area contributed by atoms with Gasteiger partial charge in [-0.15, -0.1) is 0 Å². The topological polar surface area (TPSA) is 49.9 Å². The fourth-order valence-electron chi connectivity index (χ4n) is 3.46. The summed E-state index contributed by atoms with van der Waals surface area (Å²) in [5.41, 5.74) is 0.992. The van der Waals surface area contributed by atoms with Crippen molar-refractivity contribution < 1.29 is 14.3 Å². The molecule has 0 radical (unpaired) electrons. The second kappa shape index (κ2) is 9.27. The monoisotopic (exact) mass is 448 g/mol. The summed E-state index contributed by atoms with van der Waals surface area (Å²) in [5.74, 6) is -0.166. The standard InChI is InChI=1S/C23H26Cl2N2O3/c1-23(2,3)30-22(29)27-13-7-12-26(17-10-11-18(24)19(25)15-17)21(28)20(27)14-16-8-5-4-6-9-16/h4-6,8-11,15,20H,7,12-14H2,1-3H3. The number of rotatable bonds is 3. The number of benzene rings is 2. The van der Waals surface area contributed by atoms with E-state index in [1.807, 2.05) is 51.1 Å². The van der Waals surface area contributed by atoms with Gasteiger partial charge in [0, 0.05) is 25.2 Å². The molecule has 30 heavy (non-hydrogen) atoms. The maximum Gasteiger partial charge on any atom is 0.410 e. The molecule has 1 atom stereocenters. The van der Waals surface area contributed by atoms with Gasteiger partial charge in [-0.25, -0.2) is 4.79 Å². The molecule has 160 valence electrons. The van der Waals surface area contributed by atoms with Crippen LogP contribution in [-0.4, -0.2) is 41.6 Å². The molecule has 0 aliphatic carbocycles. The molecule has 5 nitrogen and oxygen atoms in total. The smallest absolute Gasteiger partial charge is 0.410 e. The lowest BCUT2D eigenvalue weighted by atomic mass is 10.0. The number of anilines is 1. The summed E-state index contributed by atoms with van der Waals surface area (Å²) in [6.45, 7) is 6.35. The normalized spacial score (nSPS) is 17.6. The van der Waals surface area contributed by atoms with Crippen molar-refractivity contribution in [3.05, 3.63) is 64.1 Å². The molecule has 0 N–H and O–H groups in total. The molecular weight excluding hydrogens is 423 g/mol. The Morgan fingerprint density at radius 2 is 1.77 bits per heavy atom. The molecule has 0 saturated carbocycles. The van der Waals surface area contributed by atoms with Gasteiger partial charge >= 0.3 is 6.09 Å². The van der Waals surface area contributed by atoms with Gasteiger partial charge in [-0.3, -0.25) is 9.69 Å². The zero-order valence-corrected chi connectivity index (χ0v) is 18.9. The largest absolute Gasteiger partial charge is 0.444 e. The summed E-state index contributed by atoms with van der Waals surface area (Å²) in [6, 6.07) is 14.1. The fraction of sp³-hybridized carbons (Fsp3) is 0.391. The highest BCUT2D eigenvalue weighted by atomic mass is 35.5. The van der Waals surface area contributed by atoms with Gasteiger partial charge in [0.05, 0.1) is 10.0 Å². The van der Waals surface area contributed by atoms with Crippen LogP contribution in [0.2, 0.25) is 10.0 Å².